The van der Waals surface area contributed by atoms with E-state index in [4.69, 9.17) is 4.42 Å². The van der Waals surface area contributed by atoms with Crippen molar-refractivity contribution in [3.8, 4) is 11.5 Å². The number of hydrogen-bond donors (Lipinski definition) is 0. The summed E-state index contributed by atoms with van der Waals surface area (Å²) in [6.45, 7) is 0.747. The molecule has 0 aliphatic carbocycles. The van der Waals surface area contributed by atoms with Crippen molar-refractivity contribution < 1.29 is 9.21 Å². The number of carbonyl (C=O) groups excluding carboxylic acids is 1. The summed E-state index contributed by atoms with van der Waals surface area (Å²) in [6, 6.07) is 17.7. The molecule has 1 aromatic heterocycles. The van der Waals surface area contributed by atoms with Gasteiger partial charge in [-0.3, -0.25) is 4.79 Å². The second kappa shape index (κ2) is 6.28. The number of nitrogens with zero attached hydrogens (tertiary/aromatic N) is 3. The summed E-state index contributed by atoms with van der Waals surface area (Å²) in [6.07, 6.45) is 1.74. The summed E-state index contributed by atoms with van der Waals surface area (Å²) in [5.74, 6) is 1.08. The van der Waals surface area contributed by atoms with Crippen LogP contribution < -0.4 is 4.90 Å². The summed E-state index contributed by atoms with van der Waals surface area (Å²) in [5.41, 5.74) is 3.14. The van der Waals surface area contributed by atoms with Crippen molar-refractivity contribution in [2.45, 2.75) is 19.3 Å². The third kappa shape index (κ3) is 2.80. The molecule has 3 aromatic rings. The highest BCUT2D eigenvalue weighted by Crippen LogP contribution is 2.28. The molecule has 1 aliphatic heterocycles. The molecule has 0 saturated heterocycles. The van der Waals surface area contributed by atoms with Crippen LogP contribution in [0.4, 0.5) is 5.69 Å². The van der Waals surface area contributed by atoms with Gasteiger partial charge < -0.3 is 9.32 Å². The number of rotatable bonds is 4. The Balaban J connectivity index is 1.41. The van der Waals surface area contributed by atoms with Crippen LogP contribution in [0.1, 0.15) is 17.9 Å². The molecule has 0 spiro atoms. The molecule has 24 heavy (non-hydrogen) atoms. The highest BCUT2D eigenvalue weighted by atomic mass is 16.4. The van der Waals surface area contributed by atoms with Gasteiger partial charge in [-0.25, -0.2) is 0 Å². The first kappa shape index (κ1) is 14.6. The van der Waals surface area contributed by atoms with E-state index in [9.17, 15) is 4.79 Å². The van der Waals surface area contributed by atoms with E-state index in [0.717, 1.165) is 24.2 Å². The lowest BCUT2D eigenvalue weighted by atomic mass is 10.2. The number of hydrogen-bond acceptors (Lipinski definition) is 4. The van der Waals surface area contributed by atoms with Crippen LogP contribution in [-0.4, -0.2) is 22.6 Å². The van der Waals surface area contributed by atoms with Crippen molar-refractivity contribution in [1.29, 1.82) is 0 Å². The van der Waals surface area contributed by atoms with E-state index in [1.807, 2.05) is 53.4 Å². The fourth-order valence-electron chi connectivity index (χ4n) is 3.00. The zero-order chi connectivity index (χ0) is 16.4. The zero-order valence-corrected chi connectivity index (χ0v) is 13.2. The maximum absolute atomic E-state index is 12.5. The number of anilines is 1. The molecule has 0 N–H and O–H groups in total. The highest BCUT2D eigenvalue weighted by Gasteiger charge is 2.24. The van der Waals surface area contributed by atoms with Crippen molar-refractivity contribution >= 4 is 11.6 Å². The van der Waals surface area contributed by atoms with Gasteiger partial charge >= 0.3 is 0 Å². The molecular weight excluding hydrogens is 302 g/mol. The Labute approximate surface area is 139 Å². The minimum atomic E-state index is 0.0967. The number of aryl methyl sites for hydroxylation is 1. The predicted octanol–water partition coefficient (Wildman–Crippen LogP) is 3.26. The van der Waals surface area contributed by atoms with Crippen LogP contribution in [0.25, 0.3) is 11.5 Å². The SMILES string of the molecule is O=C(CCc1nnc(-c2ccccc2)o1)N1CCc2ccccc21. The van der Waals surface area contributed by atoms with Crippen molar-refractivity contribution in [1.82, 2.24) is 10.2 Å². The van der Waals surface area contributed by atoms with E-state index in [2.05, 4.69) is 16.3 Å². The predicted molar refractivity (Wildman–Crippen MR) is 90.6 cm³/mol. The van der Waals surface area contributed by atoms with Gasteiger partial charge in [-0.2, -0.15) is 0 Å². The van der Waals surface area contributed by atoms with Gasteiger partial charge in [0.25, 0.3) is 0 Å². The smallest absolute Gasteiger partial charge is 0.247 e. The van der Waals surface area contributed by atoms with Crippen LogP contribution in [0.3, 0.4) is 0 Å². The molecule has 1 amide bonds. The molecule has 0 unspecified atom stereocenters. The van der Waals surface area contributed by atoms with Crippen LogP contribution >= 0.6 is 0 Å². The van der Waals surface area contributed by atoms with Crippen LogP contribution in [-0.2, 0) is 17.6 Å². The van der Waals surface area contributed by atoms with E-state index in [1.54, 1.807) is 0 Å². The van der Waals surface area contributed by atoms with Gasteiger partial charge in [0.15, 0.2) is 0 Å². The van der Waals surface area contributed by atoms with E-state index in [0.29, 0.717) is 24.6 Å². The minimum Gasteiger partial charge on any atom is -0.421 e. The van der Waals surface area contributed by atoms with Crippen LogP contribution in [0.15, 0.2) is 59.0 Å². The molecular formula is C19H17N3O2. The fraction of sp³-hybridized carbons (Fsp3) is 0.211. The molecule has 4 rings (SSSR count). The molecule has 5 heteroatoms. The zero-order valence-electron chi connectivity index (χ0n) is 13.2. The Morgan fingerprint density at radius 3 is 2.71 bits per heavy atom. The molecule has 0 bridgehead atoms. The fourth-order valence-corrected chi connectivity index (χ4v) is 3.00. The molecule has 0 radical (unpaired) electrons. The molecule has 0 atom stereocenters. The Morgan fingerprint density at radius 1 is 1.04 bits per heavy atom. The first-order valence-corrected chi connectivity index (χ1v) is 8.07. The molecule has 0 fully saturated rings. The van der Waals surface area contributed by atoms with Crippen molar-refractivity contribution in [2.24, 2.45) is 0 Å². The van der Waals surface area contributed by atoms with Gasteiger partial charge in [-0.05, 0) is 30.2 Å². The Kier molecular flexibility index (Phi) is 3.83. The van der Waals surface area contributed by atoms with E-state index >= 15 is 0 Å². The summed E-state index contributed by atoms with van der Waals surface area (Å²) in [5, 5.41) is 8.10. The van der Waals surface area contributed by atoms with Crippen LogP contribution in [0, 0.1) is 0 Å². The molecule has 0 saturated carbocycles. The maximum atomic E-state index is 12.5. The number of aromatic nitrogens is 2. The van der Waals surface area contributed by atoms with Gasteiger partial charge in [0, 0.05) is 30.6 Å². The number of carbonyl (C=O) groups is 1. The average molecular weight is 319 g/mol. The Morgan fingerprint density at radius 2 is 1.83 bits per heavy atom. The van der Waals surface area contributed by atoms with Crippen molar-refractivity contribution in [3.63, 3.8) is 0 Å². The number of amides is 1. The summed E-state index contributed by atoms with van der Waals surface area (Å²) >= 11 is 0. The molecule has 5 nitrogen and oxygen atoms in total. The second-order valence-corrected chi connectivity index (χ2v) is 5.79. The first-order chi connectivity index (χ1) is 11.8. The summed E-state index contributed by atoms with van der Waals surface area (Å²) in [7, 11) is 0. The quantitative estimate of drug-likeness (QED) is 0.740. The number of benzene rings is 2. The van der Waals surface area contributed by atoms with Crippen LogP contribution in [0.2, 0.25) is 0 Å². The molecule has 2 aromatic carbocycles. The van der Waals surface area contributed by atoms with Gasteiger partial charge in [-0.15, -0.1) is 10.2 Å². The lowest BCUT2D eigenvalue weighted by Crippen LogP contribution is -2.29. The normalized spacial score (nSPS) is 13.1. The second-order valence-electron chi connectivity index (χ2n) is 5.79. The van der Waals surface area contributed by atoms with E-state index in [-0.39, 0.29) is 5.91 Å². The topological polar surface area (TPSA) is 59.2 Å². The lowest BCUT2D eigenvalue weighted by molar-refractivity contribution is -0.118. The highest BCUT2D eigenvalue weighted by molar-refractivity contribution is 5.95. The monoisotopic (exact) mass is 319 g/mol. The van der Waals surface area contributed by atoms with E-state index < -0.39 is 0 Å². The van der Waals surface area contributed by atoms with Gasteiger partial charge in [-0.1, -0.05) is 36.4 Å². The standard InChI is InChI=1S/C19H17N3O2/c23-18(22-13-12-14-6-4-5-9-16(14)22)11-10-17-20-21-19(24-17)15-7-2-1-3-8-15/h1-9H,10-13H2. The molecule has 2 heterocycles. The largest absolute Gasteiger partial charge is 0.421 e. The van der Waals surface area contributed by atoms with Crippen molar-refractivity contribution in [3.05, 3.63) is 66.1 Å². The van der Waals surface area contributed by atoms with Gasteiger partial charge in [0.2, 0.25) is 17.7 Å². The van der Waals surface area contributed by atoms with Crippen LogP contribution in [0.5, 0.6) is 0 Å². The van der Waals surface area contributed by atoms with Crippen molar-refractivity contribution in [2.75, 3.05) is 11.4 Å². The molecule has 120 valence electrons. The number of para-hydroxylation sites is 1. The van der Waals surface area contributed by atoms with Gasteiger partial charge in [0.05, 0.1) is 0 Å². The lowest BCUT2D eigenvalue weighted by Gasteiger charge is -2.16. The number of fused-ring (bicyclic) bond motifs is 1. The maximum Gasteiger partial charge on any atom is 0.247 e. The van der Waals surface area contributed by atoms with Gasteiger partial charge in [0.1, 0.15) is 0 Å². The summed E-state index contributed by atoms with van der Waals surface area (Å²) < 4.78 is 5.66. The minimum absolute atomic E-state index is 0.0967. The van der Waals surface area contributed by atoms with E-state index in [1.165, 1.54) is 5.56 Å². The Bertz CT molecular complexity index is 858. The average Bonchev–Trinajstić information content (AvgIpc) is 3.27. The Hall–Kier alpha value is -2.95. The third-order valence-corrected chi connectivity index (χ3v) is 4.23. The first-order valence-electron chi connectivity index (χ1n) is 8.07. The third-order valence-electron chi connectivity index (χ3n) is 4.23. The molecule has 1 aliphatic rings. The summed E-state index contributed by atoms with van der Waals surface area (Å²) in [4.78, 5) is 14.3.